The summed E-state index contributed by atoms with van der Waals surface area (Å²) in [5, 5.41) is 0. The minimum Gasteiger partial charge on any atom is -0.481 e. The number of fused-ring (bicyclic) bond motifs is 1. The van der Waals surface area contributed by atoms with Gasteiger partial charge in [-0.1, -0.05) is 0 Å². The molecule has 208 valence electrons. The van der Waals surface area contributed by atoms with E-state index in [2.05, 4.69) is 4.98 Å². The lowest BCUT2D eigenvalue weighted by Crippen LogP contribution is -2.48. The number of aromatic nitrogens is 1. The molecular formula is C25H27F6N3O4. The molecular weight excluding hydrogens is 520 g/mol. The third kappa shape index (κ3) is 6.30. The second kappa shape index (κ2) is 10.7. The van der Waals surface area contributed by atoms with Crippen LogP contribution >= 0.6 is 0 Å². The Kier molecular flexibility index (Phi) is 8.18. The Morgan fingerprint density at radius 2 is 1.66 bits per heavy atom. The van der Waals surface area contributed by atoms with Crippen LogP contribution in [0.5, 0.6) is 5.88 Å². The number of benzene rings is 1. The molecule has 2 amide bonds. The molecule has 1 aliphatic heterocycles. The van der Waals surface area contributed by atoms with E-state index in [1.807, 2.05) is 0 Å². The van der Waals surface area contributed by atoms with Crippen molar-refractivity contribution >= 4 is 17.7 Å². The van der Waals surface area contributed by atoms with Crippen molar-refractivity contribution in [3.8, 4) is 5.88 Å². The Morgan fingerprint density at radius 3 is 2.13 bits per heavy atom. The number of alkyl halides is 6. The van der Waals surface area contributed by atoms with Crippen molar-refractivity contribution < 1.29 is 45.4 Å². The van der Waals surface area contributed by atoms with E-state index >= 15 is 0 Å². The molecule has 0 N–H and O–H groups in total. The van der Waals surface area contributed by atoms with Gasteiger partial charge in [-0.2, -0.15) is 26.3 Å². The van der Waals surface area contributed by atoms with Crippen molar-refractivity contribution in [2.24, 2.45) is 0 Å². The van der Waals surface area contributed by atoms with Crippen LogP contribution in [0.2, 0.25) is 0 Å². The maximum atomic E-state index is 13.4. The highest BCUT2D eigenvalue weighted by Gasteiger charge is 2.41. The van der Waals surface area contributed by atoms with E-state index in [-0.39, 0.29) is 35.3 Å². The van der Waals surface area contributed by atoms with E-state index in [1.165, 1.54) is 24.1 Å². The molecule has 1 aromatic heterocycles. The summed E-state index contributed by atoms with van der Waals surface area (Å²) in [4.78, 5) is 32.5. The highest BCUT2D eigenvalue weighted by Crippen LogP contribution is 2.42. The quantitative estimate of drug-likeness (QED) is 0.408. The van der Waals surface area contributed by atoms with Crippen LogP contribution in [-0.2, 0) is 28.4 Å². The summed E-state index contributed by atoms with van der Waals surface area (Å²) in [7, 11) is 1.35. The van der Waals surface area contributed by atoms with Crippen LogP contribution < -0.4 is 9.64 Å². The van der Waals surface area contributed by atoms with Crippen LogP contribution in [0.25, 0.3) is 0 Å². The zero-order valence-corrected chi connectivity index (χ0v) is 21.3. The normalized spacial score (nSPS) is 17.7. The van der Waals surface area contributed by atoms with Gasteiger partial charge in [0.1, 0.15) is 0 Å². The molecule has 0 bridgehead atoms. The van der Waals surface area contributed by atoms with Gasteiger partial charge in [0.15, 0.2) is 0 Å². The van der Waals surface area contributed by atoms with Gasteiger partial charge in [0.25, 0.3) is 0 Å². The lowest BCUT2D eigenvalue weighted by atomic mass is 9.94. The second-order valence-corrected chi connectivity index (χ2v) is 9.22. The molecule has 2 aromatic rings. The molecule has 0 radical (unpaired) electrons. The number of pyridine rings is 1. The van der Waals surface area contributed by atoms with E-state index in [0.29, 0.717) is 12.1 Å². The first-order chi connectivity index (χ1) is 17.5. The van der Waals surface area contributed by atoms with E-state index in [1.54, 1.807) is 20.8 Å². The van der Waals surface area contributed by atoms with Gasteiger partial charge in [-0.15, -0.1) is 0 Å². The zero-order chi connectivity index (χ0) is 28.6. The Labute approximate surface area is 215 Å². The van der Waals surface area contributed by atoms with Gasteiger partial charge in [-0.3, -0.25) is 9.69 Å². The van der Waals surface area contributed by atoms with Gasteiger partial charge in [-0.25, -0.2) is 9.78 Å². The monoisotopic (exact) mass is 547 g/mol. The molecule has 0 spiro atoms. The van der Waals surface area contributed by atoms with Crippen molar-refractivity contribution in [1.29, 1.82) is 0 Å². The number of methoxy groups -OCH3 is 1. The van der Waals surface area contributed by atoms with Crippen LogP contribution in [0.4, 0.5) is 36.8 Å². The summed E-state index contributed by atoms with van der Waals surface area (Å²) in [6, 6.07) is 2.79. The minimum absolute atomic E-state index is 0.0320. The molecule has 0 saturated heterocycles. The average Bonchev–Trinajstić information content (AvgIpc) is 2.79. The highest BCUT2D eigenvalue weighted by atomic mass is 19.4. The fourth-order valence-electron chi connectivity index (χ4n) is 4.35. The fraction of sp³-hybridized carbons (Fsp3) is 0.480. The number of nitrogens with zero attached hydrogens (tertiary/aromatic N) is 3. The Bertz CT molecular complexity index is 1170. The van der Waals surface area contributed by atoms with Gasteiger partial charge < -0.3 is 14.4 Å². The van der Waals surface area contributed by atoms with Crippen molar-refractivity contribution in [1.82, 2.24) is 9.88 Å². The number of hydrogen-bond donors (Lipinski definition) is 0. The molecule has 2 heterocycles. The van der Waals surface area contributed by atoms with Crippen molar-refractivity contribution in [2.45, 2.75) is 71.2 Å². The molecule has 38 heavy (non-hydrogen) atoms. The van der Waals surface area contributed by atoms with Crippen LogP contribution in [0.15, 0.2) is 30.3 Å². The molecule has 13 heteroatoms. The van der Waals surface area contributed by atoms with Crippen molar-refractivity contribution in [2.75, 3.05) is 12.0 Å². The van der Waals surface area contributed by atoms with E-state index in [4.69, 9.17) is 9.47 Å². The number of ether oxygens (including phenoxy) is 2. The number of rotatable bonds is 5. The third-order valence-electron chi connectivity index (χ3n) is 5.98. The maximum absolute atomic E-state index is 13.4. The molecule has 0 saturated carbocycles. The molecule has 7 nitrogen and oxygen atoms in total. The molecule has 0 fully saturated rings. The number of carbonyl (C=O) groups excluding carboxylic acids is 2. The highest BCUT2D eigenvalue weighted by molar-refractivity contribution is 5.90. The molecule has 1 aliphatic rings. The van der Waals surface area contributed by atoms with Crippen molar-refractivity contribution in [3.05, 3.63) is 52.7 Å². The van der Waals surface area contributed by atoms with Gasteiger partial charge in [-0.05, 0) is 57.0 Å². The summed E-state index contributed by atoms with van der Waals surface area (Å²) in [6.07, 6.45) is -11.1. The smallest absolute Gasteiger partial charge is 0.416 e. The van der Waals surface area contributed by atoms with Gasteiger partial charge in [0, 0.05) is 25.6 Å². The van der Waals surface area contributed by atoms with Crippen molar-refractivity contribution in [3.63, 3.8) is 0 Å². The predicted molar refractivity (Wildman–Crippen MR) is 124 cm³/mol. The summed E-state index contributed by atoms with van der Waals surface area (Å²) in [5.74, 6) is -0.468. The van der Waals surface area contributed by atoms with Gasteiger partial charge in [0.05, 0.1) is 41.8 Å². The molecule has 0 aliphatic carbocycles. The standard InChI is InChI=1S/C25H27F6N3O4/c1-13(2)38-23(36)34-14(3)8-20(22-19(34)6-7-21(32-22)37-5)33(15(4)35)12-16-9-17(24(26,27)28)11-18(10-16)25(29,30)31/h6-7,9-11,13-14,20H,8,12H2,1-5H3/t14-,20+/m1/s1. The first-order valence-electron chi connectivity index (χ1n) is 11.6. The maximum Gasteiger partial charge on any atom is 0.416 e. The van der Waals surface area contributed by atoms with Crippen LogP contribution in [0.1, 0.15) is 62.5 Å². The number of halogens is 6. The van der Waals surface area contributed by atoms with Crippen LogP contribution in [0, 0.1) is 0 Å². The van der Waals surface area contributed by atoms with E-state index in [0.717, 1.165) is 11.8 Å². The topological polar surface area (TPSA) is 72.0 Å². The number of hydrogen-bond acceptors (Lipinski definition) is 5. The van der Waals surface area contributed by atoms with E-state index < -0.39 is 60.2 Å². The Hall–Kier alpha value is -3.51. The summed E-state index contributed by atoms with van der Waals surface area (Å²) < 4.78 is 91.0. The van der Waals surface area contributed by atoms with E-state index in [9.17, 15) is 35.9 Å². The molecule has 0 unspecified atom stereocenters. The van der Waals surface area contributed by atoms with Crippen LogP contribution in [0.3, 0.4) is 0 Å². The molecule has 3 rings (SSSR count). The largest absolute Gasteiger partial charge is 0.481 e. The average molecular weight is 547 g/mol. The Morgan fingerprint density at radius 1 is 1.08 bits per heavy atom. The van der Waals surface area contributed by atoms with Gasteiger partial charge in [0.2, 0.25) is 11.8 Å². The zero-order valence-electron chi connectivity index (χ0n) is 21.3. The summed E-state index contributed by atoms with van der Waals surface area (Å²) >= 11 is 0. The molecule has 2 atom stereocenters. The SMILES string of the molecule is COc1ccc2c(n1)[C@@H](N(Cc1cc(C(F)(F)F)cc(C(F)(F)F)c1)C(C)=O)C[C@@H](C)N2C(=O)OC(C)C. The number of amides is 2. The first-order valence-corrected chi connectivity index (χ1v) is 11.6. The third-order valence-corrected chi connectivity index (χ3v) is 5.98. The lowest BCUT2D eigenvalue weighted by Gasteiger charge is -2.42. The number of carbonyl (C=O) groups is 2. The van der Waals surface area contributed by atoms with Gasteiger partial charge >= 0.3 is 18.4 Å². The summed E-state index contributed by atoms with van der Waals surface area (Å²) in [5.41, 5.74) is -2.84. The number of anilines is 1. The summed E-state index contributed by atoms with van der Waals surface area (Å²) in [6.45, 7) is 5.62. The minimum atomic E-state index is -5.03. The molecule has 1 aromatic carbocycles. The Balaban J connectivity index is 2.11. The second-order valence-electron chi connectivity index (χ2n) is 9.22. The lowest BCUT2D eigenvalue weighted by molar-refractivity contribution is -0.143. The van der Waals surface area contributed by atoms with Crippen LogP contribution in [-0.4, -0.2) is 41.1 Å². The predicted octanol–water partition coefficient (Wildman–Crippen LogP) is 6.36. The fourth-order valence-corrected chi connectivity index (χ4v) is 4.35. The first kappa shape index (κ1) is 29.1.